The Kier molecular flexibility index (Phi) is 4.91. The quantitative estimate of drug-likeness (QED) is 0.784. The standard InChI is InChI=1S/C13H17Cl2N3O/c14-9-6-5-8(7-10(9)15)17-13(19)18-12-4-2-1-3-11(12)16/h5-7,11-12H,1-4,16H2,(H2,17,18,19). The molecule has 2 rings (SSSR count). The Morgan fingerprint density at radius 2 is 1.95 bits per heavy atom. The Hall–Kier alpha value is -0.970. The number of benzene rings is 1. The molecule has 0 heterocycles. The summed E-state index contributed by atoms with van der Waals surface area (Å²) in [5.41, 5.74) is 6.59. The van der Waals surface area contributed by atoms with Crippen molar-refractivity contribution in [1.82, 2.24) is 5.32 Å². The van der Waals surface area contributed by atoms with Crippen molar-refractivity contribution in [3.05, 3.63) is 28.2 Å². The van der Waals surface area contributed by atoms with Gasteiger partial charge in [0.25, 0.3) is 0 Å². The van der Waals surface area contributed by atoms with Crippen molar-refractivity contribution in [2.75, 3.05) is 5.32 Å². The summed E-state index contributed by atoms with van der Waals surface area (Å²) < 4.78 is 0. The van der Waals surface area contributed by atoms with Gasteiger partial charge in [0, 0.05) is 17.8 Å². The Morgan fingerprint density at radius 1 is 1.21 bits per heavy atom. The average Bonchev–Trinajstić information content (AvgIpc) is 2.37. The Balaban J connectivity index is 1.91. The molecule has 0 radical (unpaired) electrons. The maximum absolute atomic E-state index is 11.9. The van der Waals surface area contributed by atoms with Gasteiger partial charge in [-0.05, 0) is 31.0 Å². The minimum absolute atomic E-state index is 0.0355. The van der Waals surface area contributed by atoms with E-state index < -0.39 is 0 Å². The van der Waals surface area contributed by atoms with Crippen LogP contribution in [0.15, 0.2) is 18.2 Å². The third-order valence-corrected chi connectivity index (χ3v) is 4.05. The van der Waals surface area contributed by atoms with E-state index in [0.717, 1.165) is 25.7 Å². The van der Waals surface area contributed by atoms with Crippen LogP contribution in [0.25, 0.3) is 0 Å². The monoisotopic (exact) mass is 301 g/mol. The smallest absolute Gasteiger partial charge is 0.319 e. The van der Waals surface area contributed by atoms with Crippen molar-refractivity contribution < 1.29 is 4.79 Å². The predicted molar refractivity (Wildman–Crippen MR) is 78.8 cm³/mol. The van der Waals surface area contributed by atoms with Crippen LogP contribution in [0, 0.1) is 0 Å². The third-order valence-electron chi connectivity index (χ3n) is 3.31. The van der Waals surface area contributed by atoms with E-state index in [4.69, 9.17) is 28.9 Å². The van der Waals surface area contributed by atoms with Crippen LogP contribution in [0.4, 0.5) is 10.5 Å². The molecule has 1 fully saturated rings. The fraction of sp³-hybridized carbons (Fsp3) is 0.462. The number of hydrogen-bond acceptors (Lipinski definition) is 2. The molecule has 0 aromatic heterocycles. The lowest BCUT2D eigenvalue weighted by Gasteiger charge is -2.29. The second-order valence-corrected chi connectivity index (χ2v) is 5.60. The van der Waals surface area contributed by atoms with E-state index in [2.05, 4.69) is 10.6 Å². The molecule has 19 heavy (non-hydrogen) atoms. The number of rotatable bonds is 2. The van der Waals surface area contributed by atoms with E-state index in [0.29, 0.717) is 15.7 Å². The van der Waals surface area contributed by atoms with Crippen LogP contribution in [-0.2, 0) is 0 Å². The summed E-state index contributed by atoms with van der Waals surface area (Å²) in [7, 11) is 0. The summed E-state index contributed by atoms with van der Waals surface area (Å²) in [6, 6.07) is 4.77. The highest BCUT2D eigenvalue weighted by Crippen LogP contribution is 2.25. The molecule has 6 heteroatoms. The molecule has 0 aliphatic heterocycles. The molecule has 0 bridgehead atoms. The lowest BCUT2D eigenvalue weighted by molar-refractivity contribution is 0.240. The molecule has 1 saturated carbocycles. The van der Waals surface area contributed by atoms with Crippen molar-refractivity contribution in [2.24, 2.45) is 5.73 Å². The molecular weight excluding hydrogens is 285 g/mol. The van der Waals surface area contributed by atoms with Gasteiger partial charge in [0.2, 0.25) is 0 Å². The molecule has 0 spiro atoms. The summed E-state index contributed by atoms with van der Waals surface area (Å²) >= 11 is 11.7. The van der Waals surface area contributed by atoms with E-state index in [-0.39, 0.29) is 18.1 Å². The number of urea groups is 1. The lowest BCUT2D eigenvalue weighted by Crippen LogP contribution is -2.50. The van der Waals surface area contributed by atoms with Crippen molar-refractivity contribution >= 4 is 34.9 Å². The van der Waals surface area contributed by atoms with E-state index >= 15 is 0 Å². The Morgan fingerprint density at radius 3 is 2.63 bits per heavy atom. The minimum atomic E-state index is -0.263. The minimum Gasteiger partial charge on any atom is -0.334 e. The first-order valence-electron chi connectivity index (χ1n) is 6.34. The highest BCUT2D eigenvalue weighted by Gasteiger charge is 2.23. The van der Waals surface area contributed by atoms with Crippen LogP contribution >= 0.6 is 23.2 Å². The predicted octanol–water partition coefficient (Wildman–Crippen LogP) is 3.38. The molecule has 4 N–H and O–H groups in total. The molecule has 0 saturated heterocycles. The number of nitrogens with two attached hydrogens (primary N) is 1. The zero-order valence-corrected chi connectivity index (χ0v) is 12.0. The van der Waals surface area contributed by atoms with Gasteiger partial charge in [-0.25, -0.2) is 4.79 Å². The Labute approximate surface area is 122 Å². The lowest BCUT2D eigenvalue weighted by atomic mass is 9.91. The third kappa shape index (κ3) is 4.00. The van der Waals surface area contributed by atoms with Gasteiger partial charge in [0.15, 0.2) is 0 Å². The van der Waals surface area contributed by atoms with Gasteiger partial charge < -0.3 is 16.4 Å². The number of carbonyl (C=O) groups excluding carboxylic acids is 1. The van der Waals surface area contributed by atoms with Gasteiger partial charge in [-0.2, -0.15) is 0 Å². The molecule has 1 aliphatic rings. The van der Waals surface area contributed by atoms with Gasteiger partial charge in [-0.1, -0.05) is 36.0 Å². The van der Waals surface area contributed by atoms with Crippen LogP contribution in [0.2, 0.25) is 10.0 Å². The first-order chi connectivity index (χ1) is 9.06. The number of amides is 2. The highest BCUT2D eigenvalue weighted by atomic mass is 35.5. The van der Waals surface area contributed by atoms with Gasteiger partial charge in [-0.3, -0.25) is 0 Å². The van der Waals surface area contributed by atoms with E-state index in [1.165, 1.54) is 0 Å². The second-order valence-electron chi connectivity index (χ2n) is 4.78. The number of halogens is 2. The molecule has 1 aromatic carbocycles. The average molecular weight is 302 g/mol. The number of carbonyl (C=O) groups is 1. The molecule has 2 amide bonds. The largest absolute Gasteiger partial charge is 0.334 e. The van der Waals surface area contributed by atoms with E-state index in [1.54, 1.807) is 18.2 Å². The molecule has 2 unspecified atom stereocenters. The second kappa shape index (κ2) is 6.46. The summed E-state index contributed by atoms with van der Waals surface area (Å²) in [6.07, 6.45) is 4.12. The molecule has 2 atom stereocenters. The van der Waals surface area contributed by atoms with Crippen molar-refractivity contribution in [3.63, 3.8) is 0 Å². The molecule has 4 nitrogen and oxygen atoms in total. The molecule has 1 aliphatic carbocycles. The van der Waals surface area contributed by atoms with Crippen molar-refractivity contribution in [3.8, 4) is 0 Å². The number of hydrogen-bond donors (Lipinski definition) is 3. The van der Waals surface area contributed by atoms with E-state index in [1.807, 2.05) is 0 Å². The topological polar surface area (TPSA) is 67.1 Å². The fourth-order valence-corrected chi connectivity index (χ4v) is 2.55. The van der Waals surface area contributed by atoms with Crippen LogP contribution in [0.1, 0.15) is 25.7 Å². The van der Waals surface area contributed by atoms with Gasteiger partial charge in [0.05, 0.1) is 10.0 Å². The zero-order chi connectivity index (χ0) is 13.8. The summed E-state index contributed by atoms with van der Waals surface area (Å²) in [5, 5.41) is 6.50. The van der Waals surface area contributed by atoms with Crippen LogP contribution < -0.4 is 16.4 Å². The summed E-state index contributed by atoms with van der Waals surface area (Å²) in [4.78, 5) is 11.9. The first kappa shape index (κ1) is 14.4. The van der Waals surface area contributed by atoms with Crippen LogP contribution in [-0.4, -0.2) is 18.1 Å². The van der Waals surface area contributed by atoms with E-state index in [9.17, 15) is 4.79 Å². The first-order valence-corrected chi connectivity index (χ1v) is 7.10. The van der Waals surface area contributed by atoms with Crippen LogP contribution in [0.3, 0.4) is 0 Å². The molecule has 1 aromatic rings. The Bertz CT molecular complexity index is 467. The molecule has 104 valence electrons. The van der Waals surface area contributed by atoms with Gasteiger partial charge in [-0.15, -0.1) is 0 Å². The summed E-state index contributed by atoms with van der Waals surface area (Å²) in [6.45, 7) is 0. The normalized spacial score (nSPS) is 22.9. The molecular formula is C13H17Cl2N3O. The van der Waals surface area contributed by atoms with Crippen LogP contribution in [0.5, 0.6) is 0 Å². The van der Waals surface area contributed by atoms with Gasteiger partial charge in [0.1, 0.15) is 0 Å². The fourth-order valence-electron chi connectivity index (χ4n) is 2.25. The maximum atomic E-state index is 11.9. The van der Waals surface area contributed by atoms with Crippen molar-refractivity contribution in [1.29, 1.82) is 0 Å². The number of anilines is 1. The SMILES string of the molecule is NC1CCCCC1NC(=O)Nc1ccc(Cl)c(Cl)c1. The zero-order valence-electron chi connectivity index (χ0n) is 10.5. The van der Waals surface area contributed by atoms with Crippen molar-refractivity contribution in [2.45, 2.75) is 37.8 Å². The highest BCUT2D eigenvalue weighted by molar-refractivity contribution is 6.42. The maximum Gasteiger partial charge on any atom is 0.319 e. The summed E-state index contributed by atoms with van der Waals surface area (Å²) in [5.74, 6) is 0. The van der Waals surface area contributed by atoms with Gasteiger partial charge >= 0.3 is 6.03 Å². The number of nitrogens with one attached hydrogen (secondary N) is 2.